The summed E-state index contributed by atoms with van der Waals surface area (Å²) in [6.07, 6.45) is 1.59. The fourth-order valence-electron chi connectivity index (χ4n) is 2.80. The maximum atomic E-state index is 12.4. The van der Waals surface area contributed by atoms with Gasteiger partial charge in [0.25, 0.3) is 0 Å². The van der Waals surface area contributed by atoms with Crippen LogP contribution in [0, 0.1) is 6.92 Å². The van der Waals surface area contributed by atoms with Crippen molar-refractivity contribution >= 4 is 56.0 Å². The molecule has 0 unspecified atom stereocenters. The van der Waals surface area contributed by atoms with Crippen molar-refractivity contribution in [2.45, 2.75) is 11.8 Å². The minimum absolute atomic E-state index is 0.102. The lowest BCUT2D eigenvalue weighted by atomic mass is 10.2. The molecule has 0 aliphatic rings. The zero-order valence-corrected chi connectivity index (χ0v) is 20.3. The third-order valence-electron chi connectivity index (χ3n) is 4.48. The minimum atomic E-state index is -3.89. The van der Waals surface area contributed by atoms with Gasteiger partial charge in [-0.2, -0.15) is 13.5 Å². The molecule has 0 spiro atoms. The maximum Gasteiger partial charge on any atom is 0.339 e. The molecule has 0 aliphatic heterocycles. The number of nitrogens with one attached hydrogen (secondary N) is 1. The highest BCUT2D eigenvalue weighted by atomic mass is 35.5. The van der Waals surface area contributed by atoms with E-state index in [-0.39, 0.29) is 10.6 Å². The highest BCUT2D eigenvalue weighted by Crippen LogP contribution is 2.32. The van der Waals surface area contributed by atoms with Gasteiger partial charge in [-0.25, -0.2) is 4.98 Å². The van der Waals surface area contributed by atoms with Crippen molar-refractivity contribution < 1.29 is 12.6 Å². The maximum absolute atomic E-state index is 12.4. The second kappa shape index (κ2) is 9.93. The van der Waals surface area contributed by atoms with Gasteiger partial charge < -0.3 is 4.18 Å². The third-order valence-corrected chi connectivity index (χ3v) is 7.04. The van der Waals surface area contributed by atoms with Crippen LogP contribution in [0.4, 0.5) is 5.13 Å². The number of hydrogen-bond donors (Lipinski definition) is 1. The van der Waals surface area contributed by atoms with Crippen molar-refractivity contribution in [1.82, 2.24) is 4.98 Å². The second-order valence-corrected chi connectivity index (χ2v) is 10.2. The van der Waals surface area contributed by atoms with E-state index in [0.717, 1.165) is 22.4 Å². The molecule has 0 radical (unpaired) electrons. The standard InChI is InChI=1S/C23H17Cl2N3O3S2/c1-15-2-9-19(10-3-15)33(29,30)31-18-7-4-16(5-8-18)13-26-28-23-27-22(14-32-23)20-11-6-17(24)12-21(20)25/h2-14H,1H3,(H,27,28)/b26-13-. The first-order valence-corrected chi connectivity index (χ1v) is 12.7. The van der Waals surface area contributed by atoms with Gasteiger partial charge in [-0.05, 0) is 67.1 Å². The lowest BCUT2D eigenvalue weighted by molar-refractivity contribution is 0.486. The zero-order chi connectivity index (χ0) is 23.4. The summed E-state index contributed by atoms with van der Waals surface area (Å²) in [4.78, 5) is 4.57. The van der Waals surface area contributed by atoms with E-state index >= 15 is 0 Å². The van der Waals surface area contributed by atoms with Crippen molar-refractivity contribution in [3.63, 3.8) is 0 Å². The highest BCUT2D eigenvalue weighted by Gasteiger charge is 2.16. The van der Waals surface area contributed by atoms with Gasteiger partial charge in [0, 0.05) is 16.0 Å². The summed E-state index contributed by atoms with van der Waals surface area (Å²) in [5.74, 6) is 0.213. The molecule has 0 saturated heterocycles. The summed E-state index contributed by atoms with van der Waals surface area (Å²) in [6.45, 7) is 1.88. The van der Waals surface area contributed by atoms with Crippen LogP contribution in [0.5, 0.6) is 5.75 Å². The quantitative estimate of drug-likeness (QED) is 0.169. The number of rotatable bonds is 7. The normalized spacial score (nSPS) is 11.6. The Bertz CT molecular complexity index is 1400. The van der Waals surface area contributed by atoms with E-state index < -0.39 is 10.1 Å². The molecule has 0 fully saturated rings. The van der Waals surface area contributed by atoms with Crippen molar-refractivity contribution in [3.8, 4) is 17.0 Å². The fourth-order valence-corrected chi connectivity index (χ4v) is 4.89. The highest BCUT2D eigenvalue weighted by molar-refractivity contribution is 7.87. The molecule has 0 atom stereocenters. The molecule has 1 heterocycles. The number of thiazole rings is 1. The van der Waals surface area contributed by atoms with Crippen molar-refractivity contribution in [2.24, 2.45) is 5.10 Å². The number of halogens is 2. The molecule has 0 bridgehead atoms. The predicted molar refractivity (Wildman–Crippen MR) is 134 cm³/mol. The Morgan fingerprint density at radius 2 is 1.76 bits per heavy atom. The molecule has 0 saturated carbocycles. The Hall–Kier alpha value is -2.91. The van der Waals surface area contributed by atoms with E-state index in [1.165, 1.54) is 23.5 Å². The zero-order valence-electron chi connectivity index (χ0n) is 17.2. The first kappa shape index (κ1) is 23.3. The fraction of sp³-hybridized carbons (Fsp3) is 0.0435. The van der Waals surface area contributed by atoms with Gasteiger partial charge >= 0.3 is 10.1 Å². The lowest BCUT2D eigenvalue weighted by Crippen LogP contribution is -2.09. The van der Waals surface area contributed by atoms with Crippen LogP contribution in [0.25, 0.3) is 11.3 Å². The van der Waals surface area contributed by atoms with Gasteiger partial charge in [0.15, 0.2) is 0 Å². The van der Waals surface area contributed by atoms with Crippen LogP contribution in [-0.2, 0) is 10.1 Å². The predicted octanol–water partition coefficient (Wildman–Crippen LogP) is 6.64. The smallest absolute Gasteiger partial charge is 0.339 e. The number of aromatic nitrogens is 1. The van der Waals surface area contributed by atoms with E-state index in [1.54, 1.807) is 54.7 Å². The molecule has 0 amide bonds. The van der Waals surface area contributed by atoms with Crippen LogP contribution in [0.3, 0.4) is 0 Å². The summed E-state index contributed by atoms with van der Waals surface area (Å²) in [5, 5.41) is 7.72. The van der Waals surface area contributed by atoms with Crippen LogP contribution in [-0.4, -0.2) is 19.6 Å². The average molecular weight is 518 g/mol. The van der Waals surface area contributed by atoms with Crippen LogP contribution in [0.1, 0.15) is 11.1 Å². The van der Waals surface area contributed by atoms with Gasteiger partial charge in [0.2, 0.25) is 5.13 Å². The van der Waals surface area contributed by atoms with E-state index in [0.29, 0.717) is 15.2 Å². The molecule has 33 heavy (non-hydrogen) atoms. The minimum Gasteiger partial charge on any atom is -0.379 e. The molecule has 0 aliphatic carbocycles. The van der Waals surface area contributed by atoms with Gasteiger partial charge in [-0.15, -0.1) is 11.3 Å². The SMILES string of the molecule is Cc1ccc(S(=O)(=O)Oc2ccc(/C=N\Nc3nc(-c4ccc(Cl)cc4Cl)cs3)cc2)cc1. The molecule has 168 valence electrons. The third kappa shape index (κ3) is 5.91. The number of hydrazone groups is 1. The molecule has 4 rings (SSSR count). The Morgan fingerprint density at radius 1 is 1.03 bits per heavy atom. The molecule has 4 aromatic rings. The van der Waals surface area contributed by atoms with E-state index in [2.05, 4.69) is 15.5 Å². The molecular formula is C23H17Cl2N3O3S2. The first-order valence-electron chi connectivity index (χ1n) is 9.61. The van der Waals surface area contributed by atoms with Crippen LogP contribution in [0.15, 0.2) is 82.1 Å². The molecule has 6 nitrogen and oxygen atoms in total. The monoisotopic (exact) mass is 517 g/mol. The van der Waals surface area contributed by atoms with Gasteiger partial charge in [0.05, 0.1) is 16.9 Å². The first-order chi connectivity index (χ1) is 15.8. The summed E-state index contributed by atoms with van der Waals surface area (Å²) in [6, 6.07) is 18.2. The van der Waals surface area contributed by atoms with Gasteiger partial charge in [-0.1, -0.05) is 40.9 Å². The van der Waals surface area contributed by atoms with Gasteiger partial charge in [-0.3, -0.25) is 5.43 Å². The summed E-state index contributed by atoms with van der Waals surface area (Å²) < 4.78 is 30.0. The van der Waals surface area contributed by atoms with Crippen LogP contribution >= 0.6 is 34.5 Å². The van der Waals surface area contributed by atoms with E-state index in [1.807, 2.05) is 18.4 Å². The van der Waals surface area contributed by atoms with Crippen LogP contribution < -0.4 is 9.61 Å². The Kier molecular flexibility index (Phi) is 6.99. The summed E-state index contributed by atoms with van der Waals surface area (Å²) in [5.41, 5.74) is 6.09. The van der Waals surface area contributed by atoms with Crippen molar-refractivity contribution in [1.29, 1.82) is 0 Å². The number of hydrogen-bond acceptors (Lipinski definition) is 7. The summed E-state index contributed by atoms with van der Waals surface area (Å²) in [7, 11) is -3.89. The topological polar surface area (TPSA) is 80.7 Å². The molecular weight excluding hydrogens is 501 g/mol. The Labute approximate surface area is 205 Å². The Balaban J connectivity index is 1.38. The van der Waals surface area contributed by atoms with Crippen LogP contribution in [0.2, 0.25) is 10.0 Å². The number of anilines is 1. The number of nitrogens with zero attached hydrogens (tertiary/aromatic N) is 2. The number of aryl methyl sites for hydroxylation is 1. The largest absolute Gasteiger partial charge is 0.379 e. The van der Waals surface area contributed by atoms with Crippen molar-refractivity contribution in [2.75, 3.05) is 5.43 Å². The molecule has 3 aromatic carbocycles. The Morgan fingerprint density at radius 3 is 2.45 bits per heavy atom. The average Bonchev–Trinajstić information content (AvgIpc) is 3.23. The molecule has 1 aromatic heterocycles. The van der Waals surface area contributed by atoms with Crippen molar-refractivity contribution in [3.05, 3.63) is 93.3 Å². The number of benzene rings is 3. The van der Waals surface area contributed by atoms with Gasteiger partial charge in [0.1, 0.15) is 10.6 Å². The summed E-state index contributed by atoms with van der Waals surface area (Å²) >= 11 is 13.6. The molecule has 1 N–H and O–H groups in total. The molecule has 10 heteroatoms. The van der Waals surface area contributed by atoms with E-state index in [9.17, 15) is 8.42 Å². The second-order valence-electron chi connectivity index (χ2n) is 6.95. The lowest BCUT2D eigenvalue weighted by Gasteiger charge is -2.07. The van der Waals surface area contributed by atoms with E-state index in [4.69, 9.17) is 27.4 Å².